The molecule has 2 heterocycles. The fourth-order valence-electron chi connectivity index (χ4n) is 2.52. The van der Waals surface area contributed by atoms with Gasteiger partial charge in [-0.25, -0.2) is 0 Å². The van der Waals surface area contributed by atoms with Crippen molar-refractivity contribution in [3.8, 4) is 0 Å². The van der Waals surface area contributed by atoms with Gasteiger partial charge in [-0.3, -0.25) is 0 Å². The second-order valence-corrected chi connectivity index (χ2v) is 4.24. The van der Waals surface area contributed by atoms with Gasteiger partial charge >= 0.3 is 0 Å². The van der Waals surface area contributed by atoms with Crippen molar-refractivity contribution in [2.24, 2.45) is 5.41 Å². The zero-order valence-electron chi connectivity index (χ0n) is 9.40. The molecular weight excluding hydrogens is 160 g/mol. The Kier molecular flexibility index (Phi) is 4.20. The normalized spacial score (nSPS) is 27.0. The Hall–Kier alpha value is -0.0800. The summed E-state index contributed by atoms with van der Waals surface area (Å²) in [7, 11) is 2.25. The largest absolute Gasteiger partial charge is 0.317 e. The van der Waals surface area contributed by atoms with E-state index in [1.54, 1.807) is 0 Å². The zero-order valence-corrected chi connectivity index (χ0v) is 9.40. The van der Waals surface area contributed by atoms with Gasteiger partial charge in [-0.15, -0.1) is 0 Å². The van der Waals surface area contributed by atoms with E-state index in [2.05, 4.69) is 17.3 Å². The molecule has 80 valence electrons. The molecule has 0 saturated carbocycles. The first kappa shape index (κ1) is 11.0. The molecule has 1 N–H and O–H groups in total. The standard InChI is InChI=1S/C9H18N2.C2H6.H2/c1-11-7-4-9(8-11)2-5-10-6-3-9;1-2;/h10H,2-8H2,1H3;1-2H3;1H. The third-order valence-electron chi connectivity index (χ3n) is 3.29. The molecule has 2 nitrogen and oxygen atoms in total. The van der Waals surface area contributed by atoms with E-state index in [0.29, 0.717) is 5.41 Å². The highest BCUT2D eigenvalue weighted by Gasteiger charge is 2.37. The molecule has 0 aromatic carbocycles. The Morgan fingerprint density at radius 3 is 2.23 bits per heavy atom. The van der Waals surface area contributed by atoms with Gasteiger partial charge in [0.25, 0.3) is 0 Å². The van der Waals surface area contributed by atoms with Crippen LogP contribution in [0.4, 0.5) is 0 Å². The van der Waals surface area contributed by atoms with Gasteiger partial charge in [-0.2, -0.15) is 0 Å². The third-order valence-corrected chi connectivity index (χ3v) is 3.29. The Morgan fingerprint density at radius 1 is 1.15 bits per heavy atom. The van der Waals surface area contributed by atoms with Gasteiger partial charge in [0.05, 0.1) is 0 Å². The first-order valence-electron chi connectivity index (χ1n) is 5.70. The van der Waals surface area contributed by atoms with E-state index in [-0.39, 0.29) is 1.43 Å². The highest BCUT2D eigenvalue weighted by molar-refractivity contribution is 4.91. The number of nitrogens with zero attached hydrogens (tertiary/aromatic N) is 1. The van der Waals surface area contributed by atoms with E-state index in [1.165, 1.54) is 45.4 Å². The van der Waals surface area contributed by atoms with Gasteiger partial charge in [0, 0.05) is 7.97 Å². The molecule has 0 aliphatic carbocycles. The molecule has 2 aliphatic heterocycles. The van der Waals surface area contributed by atoms with Gasteiger partial charge in [-0.05, 0) is 51.4 Å². The Balaban J connectivity index is 0.000000531. The number of rotatable bonds is 0. The summed E-state index contributed by atoms with van der Waals surface area (Å²) >= 11 is 0. The Morgan fingerprint density at radius 2 is 1.77 bits per heavy atom. The lowest BCUT2D eigenvalue weighted by atomic mass is 9.78. The second kappa shape index (κ2) is 4.97. The first-order chi connectivity index (χ1) is 6.31. The molecule has 2 saturated heterocycles. The smallest absolute Gasteiger partial charge is 0.00364 e. The number of hydrogen-bond acceptors (Lipinski definition) is 2. The topological polar surface area (TPSA) is 15.3 Å². The molecule has 0 bridgehead atoms. The zero-order chi connectivity index (χ0) is 9.73. The molecule has 2 heteroatoms. The van der Waals surface area contributed by atoms with Crippen LogP contribution in [0.3, 0.4) is 0 Å². The van der Waals surface area contributed by atoms with E-state index in [0.717, 1.165) is 0 Å². The fraction of sp³-hybridized carbons (Fsp3) is 1.00. The van der Waals surface area contributed by atoms with Gasteiger partial charge in [0.1, 0.15) is 0 Å². The summed E-state index contributed by atoms with van der Waals surface area (Å²) in [6, 6.07) is 0. The van der Waals surface area contributed by atoms with Crippen LogP contribution in [0.1, 0.15) is 34.5 Å². The number of hydrogen-bond donors (Lipinski definition) is 1. The summed E-state index contributed by atoms with van der Waals surface area (Å²) in [5, 5.41) is 3.43. The maximum Gasteiger partial charge on any atom is 0.00364 e. The highest BCUT2D eigenvalue weighted by atomic mass is 15.1. The van der Waals surface area contributed by atoms with E-state index in [4.69, 9.17) is 0 Å². The van der Waals surface area contributed by atoms with E-state index >= 15 is 0 Å². The molecule has 0 atom stereocenters. The van der Waals surface area contributed by atoms with Gasteiger partial charge in [0.15, 0.2) is 0 Å². The molecule has 2 rings (SSSR count). The van der Waals surface area contributed by atoms with Crippen LogP contribution in [-0.4, -0.2) is 38.1 Å². The molecule has 1 spiro atoms. The van der Waals surface area contributed by atoms with Crippen LogP contribution in [0, 0.1) is 5.41 Å². The molecule has 0 aromatic rings. The Labute approximate surface area is 84.2 Å². The van der Waals surface area contributed by atoms with Crippen LogP contribution in [0.15, 0.2) is 0 Å². The molecule has 0 amide bonds. The van der Waals surface area contributed by atoms with Crippen LogP contribution in [0.5, 0.6) is 0 Å². The van der Waals surface area contributed by atoms with Crippen LogP contribution < -0.4 is 5.32 Å². The summed E-state index contributed by atoms with van der Waals surface area (Å²) < 4.78 is 0. The fourth-order valence-corrected chi connectivity index (χ4v) is 2.52. The minimum atomic E-state index is 0. The third kappa shape index (κ3) is 2.68. The van der Waals surface area contributed by atoms with Crippen LogP contribution in [0.25, 0.3) is 0 Å². The highest BCUT2D eigenvalue weighted by Crippen LogP contribution is 2.37. The molecule has 2 fully saturated rings. The van der Waals surface area contributed by atoms with Crippen LogP contribution in [-0.2, 0) is 0 Å². The summed E-state index contributed by atoms with van der Waals surface area (Å²) in [5.41, 5.74) is 0.708. The number of likely N-dealkylation sites (tertiary alicyclic amines) is 1. The predicted molar refractivity (Wildman–Crippen MR) is 60.1 cm³/mol. The summed E-state index contributed by atoms with van der Waals surface area (Å²) in [6.45, 7) is 9.15. The van der Waals surface area contributed by atoms with Gasteiger partial charge < -0.3 is 10.2 Å². The van der Waals surface area contributed by atoms with Crippen LogP contribution in [0.2, 0.25) is 0 Å². The monoisotopic (exact) mass is 186 g/mol. The molecule has 0 aromatic heterocycles. The van der Waals surface area contributed by atoms with Crippen molar-refractivity contribution in [2.75, 3.05) is 33.2 Å². The minimum absolute atomic E-state index is 0. The average Bonchev–Trinajstić information content (AvgIpc) is 2.52. The van der Waals surface area contributed by atoms with Crippen molar-refractivity contribution in [3.05, 3.63) is 0 Å². The van der Waals surface area contributed by atoms with E-state index < -0.39 is 0 Å². The van der Waals surface area contributed by atoms with Crippen molar-refractivity contribution < 1.29 is 1.43 Å². The van der Waals surface area contributed by atoms with Crippen LogP contribution >= 0.6 is 0 Å². The molecule has 0 radical (unpaired) electrons. The summed E-state index contributed by atoms with van der Waals surface area (Å²) in [6.07, 6.45) is 4.24. The molecular formula is C11H26N2. The lowest BCUT2D eigenvalue weighted by Crippen LogP contribution is -2.38. The number of nitrogens with one attached hydrogen (secondary N) is 1. The maximum atomic E-state index is 3.43. The van der Waals surface area contributed by atoms with E-state index in [1.807, 2.05) is 13.8 Å². The van der Waals surface area contributed by atoms with Crippen molar-refractivity contribution >= 4 is 0 Å². The first-order valence-corrected chi connectivity index (χ1v) is 5.70. The van der Waals surface area contributed by atoms with Crippen molar-refractivity contribution in [3.63, 3.8) is 0 Å². The Bertz CT molecular complexity index is 139. The maximum absolute atomic E-state index is 3.43. The summed E-state index contributed by atoms with van der Waals surface area (Å²) in [5.74, 6) is 0. The van der Waals surface area contributed by atoms with Gasteiger partial charge in [-0.1, -0.05) is 13.8 Å². The minimum Gasteiger partial charge on any atom is -0.317 e. The lowest BCUT2D eigenvalue weighted by molar-refractivity contribution is 0.207. The summed E-state index contributed by atoms with van der Waals surface area (Å²) in [4.78, 5) is 2.48. The SMILES string of the molecule is CC.CN1CCC2(CCNCC2)C1.[HH]. The van der Waals surface area contributed by atoms with Gasteiger partial charge in [0.2, 0.25) is 0 Å². The van der Waals surface area contributed by atoms with Crippen molar-refractivity contribution in [2.45, 2.75) is 33.1 Å². The molecule has 0 unspecified atom stereocenters. The lowest BCUT2D eigenvalue weighted by Gasteiger charge is -2.33. The molecule has 2 aliphatic rings. The predicted octanol–water partition coefficient (Wildman–Crippen LogP) is 1.96. The second-order valence-electron chi connectivity index (χ2n) is 4.24. The van der Waals surface area contributed by atoms with E-state index in [9.17, 15) is 0 Å². The average molecular weight is 186 g/mol. The molecule has 13 heavy (non-hydrogen) atoms. The van der Waals surface area contributed by atoms with Crippen molar-refractivity contribution in [1.29, 1.82) is 0 Å². The van der Waals surface area contributed by atoms with Crippen molar-refractivity contribution in [1.82, 2.24) is 10.2 Å². The number of piperidine rings is 1. The quantitative estimate of drug-likeness (QED) is 0.622.